The zero-order valence-electron chi connectivity index (χ0n) is 10.1. The molecule has 1 aliphatic rings. The summed E-state index contributed by atoms with van der Waals surface area (Å²) in [6.45, 7) is 2.01. The van der Waals surface area contributed by atoms with Crippen molar-refractivity contribution in [3.05, 3.63) is 59.4 Å². The van der Waals surface area contributed by atoms with E-state index in [0.717, 1.165) is 11.1 Å². The predicted molar refractivity (Wildman–Crippen MR) is 67.7 cm³/mol. The van der Waals surface area contributed by atoms with Gasteiger partial charge in [0.2, 0.25) is 0 Å². The molecule has 0 radical (unpaired) electrons. The highest BCUT2D eigenvalue weighted by atomic mass is 16.5. The van der Waals surface area contributed by atoms with Gasteiger partial charge in [0.25, 0.3) is 0 Å². The van der Waals surface area contributed by atoms with E-state index in [4.69, 9.17) is 4.74 Å². The molecule has 0 saturated carbocycles. The van der Waals surface area contributed by atoms with Gasteiger partial charge in [-0.15, -0.1) is 0 Å². The third-order valence-electron chi connectivity index (χ3n) is 3.25. The number of ketones is 1. The van der Waals surface area contributed by atoms with Gasteiger partial charge in [0.15, 0.2) is 5.78 Å². The van der Waals surface area contributed by atoms with Gasteiger partial charge in [-0.2, -0.15) is 0 Å². The lowest BCUT2D eigenvalue weighted by Gasteiger charge is -2.26. The van der Waals surface area contributed by atoms with Gasteiger partial charge in [-0.25, -0.2) is 0 Å². The van der Waals surface area contributed by atoms with E-state index in [1.165, 1.54) is 0 Å². The molecule has 2 heterocycles. The second kappa shape index (κ2) is 4.26. The van der Waals surface area contributed by atoms with Crippen LogP contribution in [0.5, 0.6) is 5.75 Å². The van der Waals surface area contributed by atoms with Gasteiger partial charge in [0.1, 0.15) is 11.9 Å². The summed E-state index contributed by atoms with van der Waals surface area (Å²) in [6, 6.07) is 9.32. The molecule has 0 spiro atoms. The molecule has 2 aromatic rings. The lowest BCUT2D eigenvalue weighted by Crippen LogP contribution is -2.21. The van der Waals surface area contributed by atoms with Gasteiger partial charge in [-0.05, 0) is 30.7 Å². The quantitative estimate of drug-likeness (QED) is 0.767. The highest BCUT2D eigenvalue weighted by Crippen LogP contribution is 2.35. The molecule has 1 aromatic carbocycles. The number of carbonyl (C=O) groups is 1. The Labute approximate surface area is 105 Å². The normalized spacial score (nSPS) is 18.1. The first kappa shape index (κ1) is 11.0. The van der Waals surface area contributed by atoms with Crippen LogP contribution < -0.4 is 4.74 Å². The first-order valence-electron chi connectivity index (χ1n) is 5.95. The van der Waals surface area contributed by atoms with Gasteiger partial charge in [-0.3, -0.25) is 9.78 Å². The highest BCUT2D eigenvalue weighted by molar-refractivity contribution is 5.99. The number of hydrogen-bond acceptors (Lipinski definition) is 3. The zero-order valence-corrected chi connectivity index (χ0v) is 10.1. The largest absolute Gasteiger partial charge is 0.484 e. The fourth-order valence-electron chi connectivity index (χ4n) is 2.26. The van der Waals surface area contributed by atoms with Crippen molar-refractivity contribution in [1.29, 1.82) is 0 Å². The maximum Gasteiger partial charge on any atom is 0.170 e. The average molecular weight is 239 g/mol. The van der Waals surface area contributed by atoms with E-state index in [9.17, 15) is 4.79 Å². The van der Waals surface area contributed by atoms with Crippen LogP contribution in [0.1, 0.15) is 34.0 Å². The maximum absolute atomic E-state index is 12.1. The number of benzene rings is 1. The minimum atomic E-state index is -0.221. The second-order valence-electron chi connectivity index (χ2n) is 4.46. The van der Waals surface area contributed by atoms with Crippen LogP contribution in [-0.4, -0.2) is 10.8 Å². The molecular weight excluding hydrogens is 226 g/mol. The number of aromatic nitrogens is 1. The van der Waals surface area contributed by atoms with Crippen molar-refractivity contribution in [2.45, 2.75) is 19.4 Å². The SMILES string of the molecule is Cc1ccncc1C1CC(=O)c2ccccc2O1. The predicted octanol–water partition coefficient (Wildman–Crippen LogP) is 3.10. The van der Waals surface area contributed by atoms with E-state index in [1.54, 1.807) is 12.4 Å². The van der Waals surface area contributed by atoms with Crippen molar-refractivity contribution in [3.63, 3.8) is 0 Å². The lowest BCUT2D eigenvalue weighted by molar-refractivity contribution is 0.0849. The number of ether oxygens (including phenoxy) is 1. The Bertz CT molecular complexity index is 607. The molecule has 3 rings (SSSR count). The maximum atomic E-state index is 12.1. The first-order valence-corrected chi connectivity index (χ1v) is 5.95. The number of rotatable bonds is 1. The summed E-state index contributed by atoms with van der Waals surface area (Å²) in [7, 11) is 0. The van der Waals surface area contributed by atoms with Crippen LogP contribution in [0.2, 0.25) is 0 Å². The zero-order chi connectivity index (χ0) is 12.5. The van der Waals surface area contributed by atoms with Crippen LogP contribution >= 0.6 is 0 Å². The number of hydrogen-bond donors (Lipinski definition) is 0. The fraction of sp³-hybridized carbons (Fsp3) is 0.200. The molecule has 0 amide bonds. The number of para-hydroxylation sites is 1. The van der Waals surface area contributed by atoms with E-state index in [-0.39, 0.29) is 11.9 Å². The van der Waals surface area contributed by atoms with E-state index in [2.05, 4.69) is 4.98 Å². The molecule has 1 aliphatic heterocycles. The summed E-state index contributed by atoms with van der Waals surface area (Å²) in [5.41, 5.74) is 2.76. The lowest BCUT2D eigenvalue weighted by atomic mass is 9.95. The molecule has 1 atom stereocenters. The van der Waals surface area contributed by atoms with Crippen molar-refractivity contribution in [1.82, 2.24) is 4.98 Å². The van der Waals surface area contributed by atoms with Crippen molar-refractivity contribution >= 4 is 5.78 Å². The summed E-state index contributed by atoms with van der Waals surface area (Å²) in [5.74, 6) is 0.798. The Kier molecular flexibility index (Phi) is 2.59. The number of aryl methyl sites for hydroxylation is 1. The molecule has 1 aromatic heterocycles. The van der Waals surface area contributed by atoms with Crippen LogP contribution in [0.15, 0.2) is 42.7 Å². The molecule has 0 saturated heterocycles. The van der Waals surface area contributed by atoms with Crippen LogP contribution in [0, 0.1) is 6.92 Å². The minimum Gasteiger partial charge on any atom is -0.484 e. The molecule has 18 heavy (non-hydrogen) atoms. The Hall–Kier alpha value is -2.16. The topological polar surface area (TPSA) is 39.2 Å². The van der Waals surface area contributed by atoms with Crippen LogP contribution in [0.25, 0.3) is 0 Å². The number of pyridine rings is 1. The first-order chi connectivity index (χ1) is 8.75. The molecule has 90 valence electrons. The molecular formula is C15H13NO2. The Morgan fingerprint density at radius 2 is 2.11 bits per heavy atom. The molecule has 0 aliphatic carbocycles. The van der Waals surface area contributed by atoms with E-state index < -0.39 is 0 Å². The van der Waals surface area contributed by atoms with Crippen molar-refractivity contribution in [2.75, 3.05) is 0 Å². The molecule has 0 bridgehead atoms. The van der Waals surface area contributed by atoms with Gasteiger partial charge in [0, 0.05) is 18.0 Å². The smallest absolute Gasteiger partial charge is 0.170 e. The monoisotopic (exact) mass is 239 g/mol. The van der Waals surface area contributed by atoms with E-state index in [1.807, 2.05) is 37.3 Å². The molecule has 1 unspecified atom stereocenters. The fourth-order valence-corrected chi connectivity index (χ4v) is 2.26. The van der Waals surface area contributed by atoms with Gasteiger partial charge in [-0.1, -0.05) is 12.1 Å². The Morgan fingerprint density at radius 3 is 2.94 bits per heavy atom. The summed E-state index contributed by atoms with van der Waals surface area (Å²) in [6.07, 6.45) is 3.68. The summed E-state index contributed by atoms with van der Waals surface area (Å²) >= 11 is 0. The number of nitrogens with zero attached hydrogens (tertiary/aromatic N) is 1. The van der Waals surface area contributed by atoms with Gasteiger partial charge < -0.3 is 4.74 Å². The molecule has 0 N–H and O–H groups in total. The van der Waals surface area contributed by atoms with Crippen molar-refractivity contribution in [2.24, 2.45) is 0 Å². The standard InChI is InChI=1S/C15H13NO2/c1-10-6-7-16-9-12(10)15-8-13(17)11-4-2-3-5-14(11)18-15/h2-7,9,15H,8H2,1H3. The third-order valence-corrected chi connectivity index (χ3v) is 3.25. The minimum absolute atomic E-state index is 0.130. The number of Topliss-reactive ketones (excluding diaryl/α,β-unsaturated/α-hetero) is 1. The molecule has 0 fully saturated rings. The highest BCUT2D eigenvalue weighted by Gasteiger charge is 2.28. The summed E-state index contributed by atoms with van der Waals surface area (Å²) < 4.78 is 5.91. The van der Waals surface area contributed by atoms with Crippen LogP contribution in [-0.2, 0) is 0 Å². The van der Waals surface area contributed by atoms with Crippen molar-refractivity contribution < 1.29 is 9.53 Å². The molecule has 3 heteroatoms. The average Bonchev–Trinajstić information content (AvgIpc) is 2.39. The third kappa shape index (κ3) is 1.78. The van der Waals surface area contributed by atoms with Crippen molar-refractivity contribution in [3.8, 4) is 5.75 Å². The van der Waals surface area contributed by atoms with Gasteiger partial charge >= 0.3 is 0 Å². The molecule has 3 nitrogen and oxygen atoms in total. The number of carbonyl (C=O) groups excluding carboxylic acids is 1. The summed E-state index contributed by atoms with van der Waals surface area (Å²) in [5, 5.41) is 0. The second-order valence-corrected chi connectivity index (χ2v) is 4.46. The van der Waals surface area contributed by atoms with E-state index >= 15 is 0 Å². The van der Waals surface area contributed by atoms with E-state index in [0.29, 0.717) is 17.7 Å². The van der Waals surface area contributed by atoms with Crippen LogP contribution in [0.4, 0.5) is 0 Å². The Morgan fingerprint density at radius 1 is 1.28 bits per heavy atom. The number of fused-ring (bicyclic) bond motifs is 1. The summed E-state index contributed by atoms with van der Waals surface area (Å²) in [4.78, 5) is 16.2. The van der Waals surface area contributed by atoms with Gasteiger partial charge in [0.05, 0.1) is 12.0 Å². The van der Waals surface area contributed by atoms with Crippen LogP contribution in [0.3, 0.4) is 0 Å². The Balaban J connectivity index is 2.00.